The number of anilines is 1. The highest BCUT2D eigenvalue weighted by Crippen LogP contribution is 2.24. The molecule has 0 bridgehead atoms. The summed E-state index contributed by atoms with van der Waals surface area (Å²) in [5.74, 6) is 0.459. The lowest BCUT2D eigenvalue weighted by atomic mass is 10.2. The first-order valence-electron chi connectivity index (χ1n) is 8.04. The zero-order valence-corrected chi connectivity index (χ0v) is 14.2. The molecule has 0 radical (unpaired) electrons. The van der Waals surface area contributed by atoms with Crippen LogP contribution in [0.2, 0.25) is 0 Å². The van der Waals surface area contributed by atoms with Gasteiger partial charge in [0.1, 0.15) is 5.52 Å². The van der Waals surface area contributed by atoms with Crippen LogP contribution in [-0.4, -0.2) is 29.0 Å². The van der Waals surface area contributed by atoms with Gasteiger partial charge in [-0.1, -0.05) is 0 Å². The fraction of sp³-hybridized carbons (Fsp3) is 0.353. The van der Waals surface area contributed by atoms with Gasteiger partial charge in [0.15, 0.2) is 16.6 Å². The van der Waals surface area contributed by atoms with E-state index >= 15 is 0 Å². The van der Waals surface area contributed by atoms with Gasteiger partial charge in [-0.05, 0) is 31.0 Å². The Morgan fingerprint density at radius 1 is 1.33 bits per heavy atom. The summed E-state index contributed by atoms with van der Waals surface area (Å²) >= 11 is 1.64. The highest BCUT2D eigenvalue weighted by molar-refractivity contribution is 7.13. The number of nitrogens with zero attached hydrogens (tertiary/aromatic N) is 3. The van der Waals surface area contributed by atoms with Crippen molar-refractivity contribution in [2.24, 2.45) is 0 Å². The van der Waals surface area contributed by atoms with Crippen LogP contribution in [-0.2, 0) is 6.54 Å². The lowest BCUT2D eigenvalue weighted by molar-refractivity contribution is 0.0950. The molecule has 124 valence electrons. The molecule has 0 saturated carbocycles. The van der Waals surface area contributed by atoms with Gasteiger partial charge in [-0.2, -0.15) is 0 Å². The van der Waals surface area contributed by atoms with Gasteiger partial charge in [0.2, 0.25) is 0 Å². The number of amides is 1. The molecule has 1 saturated heterocycles. The van der Waals surface area contributed by atoms with Crippen LogP contribution in [0, 0.1) is 6.92 Å². The molecule has 0 unspecified atom stereocenters. The predicted molar refractivity (Wildman–Crippen MR) is 93.5 cm³/mol. The molecule has 2 aromatic heterocycles. The molecule has 3 aromatic rings. The second kappa shape index (κ2) is 6.24. The Labute approximate surface area is 143 Å². The van der Waals surface area contributed by atoms with Crippen LogP contribution >= 0.6 is 11.3 Å². The van der Waals surface area contributed by atoms with Crippen molar-refractivity contribution in [2.75, 3.05) is 18.0 Å². The molecular formula is C17H18N4O2S. The number of carbonyl (C=O) groups excluding carboxylic acids is 1. The van der Waals surface area contributed by atoms with Crippen molar-refractivity contribution in [1.82, 2.24) is 15.3 Å². The molecule has 6 nitrogen and oxygen atoms in total. The molecule has 1 N–H and O–H groups in total. The Kier molecular flexibility index (Phi) is 3.93. The topological polar surface area (TPSA) is 71.3 Å². The second-order valence-electron chi connectivity index (χ2n) is 5.91. The van der Waals surface area contributed by atoms with Gasteiger partial charge in [-0.15, -0.1) is 11.3 Å². The minimum absolute atomic E-state index is 0.137. The summed E-state index contributed by atoms with van der Waals surface area (Å²) in [6, 6.07) is 5.28. The van der Waals surface area contributed by atoms with Crippen LogP contribution < -0.4 is 10.2 Å². The van der Waals surface area contributed by atoms with Crippen LogP contribution in [0.5, 0.6) is 0 Å². The van der Waals surface area contributed by atoms with E-state index in [4.69, 9.17) is 4.42 Å². The normalized spacial score (nSPS) is 14.5. The maximum Gasteiger partial charge on any atom is 0.251 e. The summed E-state index contributed by atoms with van der Waals surface area (Å²) in [5, 5.41) is 5.98. The molecule has 1 aliphatic rings. The molecule has 4 rings (SSSR count). The number of oxazole rings is 1. The fourth-order valence-corrected chi connectivity index (χ4v) is 3.76. The van der Waals surface area contributed by atoms with Crippen molar-refractivity contribution in [2.45, 2.75) is 26.3 Å². The Morgan fingerprint density at radius 2 is 2.17 bits per heavy atom. The number of benzene rings is 1. The van der Waals surface area contributed by atoms with Gasteiger partial charge in [0.05, 0.1) is 12.2 Å². The molecule has 0 spiro atoms. The van der Waals surface area contributed by atoms with E-state index in [1.807, 2.05) is 5.38 Å². The molecule has 0 atom stereocenters. The van der Waals surface area contributed by atoms with Crippen molar-refractivity contribution in [3.05, 3.63) is 40.7 Å². The Bertz CT molecular complexity index is 880. The quantitative estimate of drug-likeness (QED) is 0.789. The van der Waals surface area contributed by atoms with E-state index in [1.54, 1.807) is 36.5 Å². The second-order valence-corrected chi connectivity index (χ2v) is 6.75. The molecule has 24 heavy (non-hydrogen) atoms. The fourth-order valence-electron chi connectivity index (χ4n) is 2.89. The smallest absolute Gasteiger partial charge is 0.251 e. The average Bonchev–Trinajstić information content (AvgIpc) is 3.30. The third kappa shape index (κ3) is 2.99. The summed E-state index contributed by atoms with van der Waals surface area (Å²) < 4.78 is 5.47. The van der Waals surface area contributed by atoms with Gasteiger partial charge < -0.3 is 14.6 Å². The van der Waals surface area contributed by atoms with Crippen LogP contribution in [0.15, 0.2) is 28.0 Å². The first-order valence-corrected chi connectivity index (χ1v) is 8.92. The summed E-state index contributed by atoms with van der Waals surface area (Å²) in [5.41, 5.74) is 2.85. The number of nitrogens with one attached hydrogen (secondary N) is 1. The minimum atomic E-state index is -0.137. The number of fused-ring (bicyclic) bond motifs is 1. The van der Waals surface area contributed by atoms with Crippen LogP contribution in [0.1, 0.15) is 34.8 Å². The highest BCUT2D eigenvalue weighted by Gasteiger charge is 2.16. The molecule has 0 aliphatic carbocycles. The number of carbonyl (C=O) groups is 1. The first kappa shape index (κ1) is 15.1. The number of rotatable bonds is 4. The zero-order chi connectivity index (χ0) is 16.5. The maximum atomic E-state index is 12.3. The van der Waals surface area contributed by atoms with Crippen molar-refractivity contribution in [3.8, 4) is 0 Å². The third-order valence-corrected chi connectivity index (χ3v) is 5.05. The Balaban J connectivity index is 1.41. The van der Waals surface area contributed by atoms with E-state index in [-0.39, 0.29) is 5.91 Å². The largest absolute Gasteiger partial charge is 0.441 e. The molecule has 1 aliphatic heterocycles. The average molecular weight is 342 g/mol. The number of thiazole rings is 1. The van der Waals surface area contributed by atoms with E-state index in [0.717, 1.165) is 29.4 Å². The lowest BCUT2D eigenvalue weighted by Crippen LogP contribution is -2.23. The van der Waals surface area contributed by atoms with Crippen LogP contribution in [0.25, 0.3) is 11.1 Å². The van der Waals surface area contributed by atoms with E-state index in [0.29, 0.717) is 23.6 Å². The monoisotopic (exact) mass is 342 g/mol. The van der Waals surface area contributed by atoms with Gasteiger partial charge in [0, 0.05) is 31.0 Å². The number of aryl methyl sites for hydroxylation is 1. The number of aromatic nitrogens is 2. The summed E-state index contributed by atoms with van der Waals surface area (Å²) in [6.07, 6.45) is 2.46. The van der Waals surface area contributed by atoms with Crippen LogP contribution in [0.4, 0.5) is 5.13 Å². The molecular weight excluding hydrogens is 324 g/mol. The maximum absolute atomic E-state index is 12.3. The van der Waals surface area contributed by atoms with Crippen molar-refractivity contribution in [3.63, 3.8) is 0 Å². The third-order valence-electron chi connectivity index (χ3n) is 4.10. The zero-order valence-electron chi connectivity index (χ0n) is 13.4. The molecule has 1 aromatic carbocycles. The van der Waals surface area contributed by atoms with Gasteiger partial charge >= 0.3 is 0 Å². The SMILES string of the molecule is Cc1nc2ccc(C(=O)NCc3csc(N4CCCC4)n3)cc2o1. The van der Waals surface area contributed by atoms with Crippen LogP contribution in [0.3, 0.4) is 0 Å². The van der Waals surface area contributed by atoms with E-state index in [1.165, 1.54) is 12.8 Å². The Hall–Kier alpha value is -2.41. The summed E-state index contributed by atoms with van der Waals surface area (Å²) in [7, 11) is 0. The standard InChI is InChI=1S/C17H18N4O2S/c1-11-19-14-5-4-12(8-15(14)23-11)16(22)18-9-13-10-24-17(20-13)21-6-2-3-7-21/h4-5,8,10H,2-3,6-7,9H2,1H3,(H,18,22). The van der Waals surface area contributed by atoms with Crippen molar-refractivity contribution >= 4 is 33.5 Å². The first-order chi connectivity index (χ1) is 11.7. The molecule has 1 amide bonds. The number of hydrogen-bond donors (Lipinski definition) is 1. The van der Waals surface area contributed by atoms with E-state index < -0.39 is 0 Å². The predicted octanol–water partition coefficient (Wildman–Crippen LogP) is 3.12. The lowest BCUT2D eigenvalue weighted by Gasteiger charge is -2.12. The molecule has 3 heterocycles. The van der Waals surface area contributed by atoms with Gasteiger partial charge in [-0.3, -0.25) is 4.79 Å². The summed E-state index contributed by atoms with van der Waals surface area (Å²) in [4.78, 5) is 23.5. The van der Waals surface area contributed by atoms with E-state index in [9.17, 15) is 4.79 Å². The Morgan fingerprint density at radius 3 is 3.00 bits per heavy atom. The minimum Gasteiger partial charge on any atom is -0.441 e. The van der Waals surface area contributed by atoms with Gasteiger partial charge in [0.25, 0.3) is 5.91 Å². The van der Waals surface area contributed by atoms with Gasteiger partial charge in [-0.25, -0.2) is 9.97 Å². The van der Waals surface area contributed by atoms with Crippen molar-refractivity contribution < 1.29 is 9.21 Å². The van der Waals surface area contributed by atoms with E-state index in [2.05, 4.69) is 20.2 Å². The molecule has 1 fully saturated rings. The number of hydrogen-bond acceptors (Lipinski definition) is 6. The van der Waals surface area contributed by atoms with Crippen molar-refractivity contribution in [1.29, 1.82) is 0 Å². The highest BCUT2D eigenvalue weighted by atomic mass is 32.1. The molecule has 7 heteroatoms. The summed E-state index contributed by atoms with van der Waals surface area (Å²) in [6.45, 7) is 4.38.